The van der Waals surface area contributed by atoms with Crippen LogP contribution in [0, 0.1) is 0 Å². The molecule has 2 aliphatic heterocycles. The zero-order valence-electron chi connectivity index (χ0n) is 15.0. The number of carbonyl (C=O) groups excluding carboxylic acids is 1. The fourth-order valence-corrected chi connectivity index (χ4v) is 3.70. The average Bonchev–Trinajstić information content (AvgIpc) is 2.97. The van der Waals surface area contributed by atoms with Crippen LogP contribution in [0.25, 0.3) is 10.9 Å². The molecule has 2 aromatic rings. The summed E-state index contributed by atoms with van der Waals surface area (Å²) in [6.45, 7) is 0. The Bertz CT molecular complexity index is 806. The van der Waals surface area contributed by atoms with Crippen molar-refractivity contribution in [2.45, 2.75) is 43.9 Å². The van der Waals surface area contributed by atoms with Gasteiger partial charge in [-0.15, -0.1) is 0 Å². The minimum atomic E-state index is -0.556. The van der Waals surface area contributed by atoms with Gasteiger partial charge >= 0.3 is 5.97 Å². The Morgan fingerprint density at radius 1 is 1.33 bits per heavy atom. The van der Waals surface area contributed by atoms with E-state index in [1.54, 1.807) is 0 Å². The second-order valence-corrected chi connectivity index (χ2v) is 6.05. The zero-order chi connectivity index (χ0) is 17.0. The molecule has 2 aliphatic rings. The summed E-state index contributed by atoms with van der Waals surface area (Å²) in [7, 11) is 2.13. The molecule has 1 N–H and O–H groups in total. The van der Waals surface area contributed by atoms with Gasteiger partial charge in [-0.2, -0.15) is 0 Å². The lowest BCUT2D eigenvalue weighted by molar-refractivity contribution is -0.000258. The molecule has 4 nitrogen and oxygen atoms in total. The first kappa shape index (κ1) is 10.0. The van der Waals surface area contributed by atoms with E-state index >= 15 is 0 Å². The molecule has 110 valence electrons. The highest BCUT2D eigenvalue weighted by molar-refractivity contribution is 6.04. The summed E-state index contributed by atoms with van der Waals surface area (Å²) < 4.78 is 29.6. The zero-order valence-corrected chi connectivity index (χ0v) is 12.0. The topological polar surface area (TPSA) is 45.3 Å². The molecule has 0 aliphatic carbocycles. The van der Waals surface area contributed by atoms with Crippen molar-refractivity contribution in [1.82, 2.24) is 9.88 Å². The Kier molecular flexibility index (Phi) is 2.33. The molecule has 21 heavy (non-hydrogen) atoms. The number of para-hydroxylation sites is 1. The highest BCUT2D eigenvalue weighted by Crippen LogP contribution is 2.35. The molecule has 4 rings (SSSR count). The maximum atomic E-state index is 12.7. The van der Waals surface area contributed by atoms with E-state index in [2.05, 4.69) is 16.9 Å². The standard InChI is InChI=1S/C17H20N2O2/c1-19-11-6-7-12(19)9-13(8-11)21-17(20)15-10-18-16-5-3-2-4-14(15)16/h2-5,10-13,18H,6-9H2,1H3/i4D,5D,10D. The molecule has 0 spiro atoms. The van der Waals surface area contributed by atoms with Crippen LogP contribution in [0.4, 0.5) is 0 Å². The minimum Gasteiger partial charge on any atom is -0.459 e. The van der Waals surface area contributed by atoms with Gasteiger partial charge in [-0.1, -0.05) is 18.2 Å². The highest BCUT2D eigenvalue weighted by Gasteiger charge is 2.40. The Labute approximate surface area is 128 Å². The molecule has 0 saturated carbocycles. The second-order valence-electron chi connectivity index (χ2n) is 6.05. The number of ether oxygens (including phenoxy) is 1. The van der Waals surface area contributed by atoms with E-state index in [-0.39, 0.29) is 29.9 Å². The van der Waals surface area contributed by atoms with E-state index in [1.807, 2.05) is 0 Å². The maximum absolute atomic E-state index is 12.7. The van der Waals surface area contributed by atoms with Crippen LogP contribution >= 0.6 is 0 Å². The van der Waals surface area contributed by atoms with Crippen LogP contribution < -0.4 is 0 Å². The molecular formula is C17H20N2O2. The third-order valence-corrected chi connectivity index (χ3v) is 4.88. The minimum absolute atomic E-state index is 0.0791. The molecule has 2 saturated heterocycles. The van der Waals surface area contributed by atoms with Gasteiger partial charge in [0.15, 0.2) is 0 Å². The van der Waals surface area contributed by atoms with E-state index in [4.69, 9.17) is 8.85 Å². The molecular weight excluding hydrogens is 264 g/mol. The third kappa shape index (κ3) is 2.14. The van der Waals surface area contributed by atoms with Gasteiger partial charge in [0.05, 0.1) is 9.68 Å². The van der Waals surface area contributed by atoms with Gasteiger partial charge in [-0.05, 0) is 25.9 Å². The van der Waals surface area contributed by atoms with Crippen LogP contribution in [0.2, 0.25) is 0 Å². The number of nitrogens with zero attached hydrogens (tertiary/aromatic N) is 1. The first-order chi connectivity index (χ1) is 11.5. The maximum Gasteiger partial charge on any atom is 0.340 e. The van der Waals surface area contributed by atoms with Crippen LogP contribution in [0.5, 0.6) is 0 Å². The number of hydrogen-bond acceptors (Lipinski definition) is 3. The van der Waals surface area contributed by atoms with Gasteiger partial charge in [0, 0.05) is 42.0 Å². The van der Waals surface area contributed by atoms with Gasteiger partial charge in [-0.3, -0.25) is 0 Å². The van der Waals surface area contributed by atoms with Gasteiger partial charge in [0.2, 0.25) is 0 Å². The average molecular weight is 287 g/mol. The van der Waals surface area contributed by atoms with Crippen molar-refractivity contribution in [1.29, 1.82) is 0 Å². The van der Waals surface area contributed by atoms with E-state index in [0.29, 0.717) is 23.0 Å². The Morgan fingerprint density at radius 2 is 2.05 bits per heavy atom. The van der Waals surface area contributed by atoms with E-state index in [9.17, 15) is 4.79 Å². The predicted octanol–water partition coefficient (Wildman–Crippen LogP) is 2.95. The van der Waals surface area contributed by atoms with Crippen molar-refractivity contribution in [3.05, 3.63) is 36.0 Å². The number of aromatic nitrogens is 1. The first-order valence-corrected chi connectivity index (χ1v) is 7.47. The van der Waals surface area contributed by atoms with Crippen LogP contribution in [-0.2, 0) is 4.74 Å². The Balaban J connectivity index is 1.63. The number of carbonyl (C=O) groups is 1. The monoisotopic (exact) mass is 287 g/mol. The van der Waals surface area contributed by atoms with Crippen LogP contribution in [-0.4, -0.2) is 41.1 Å². The molecule has 1 aromatic carbocycles. The number of hydrogen-bond donors (Lipinski definition) is 1. The number of piperidine rings is 1. The molecule has 1 aromatic heterocycles. The Morgan fingerprint density at radius 3 is 2.81 bits per heavy atom. The molecule has 4 heteroatoms. The number of nitrogens with one attached hydrogen (secondary N) is 1. The Hall–Kier alpha value is -1.81. The van der Waals surface area contributed by atoms with Crippen molar-refractivity contribution in [3.63, 3.8) is 0 Å². The fourth-order valence-electron chi connectivity index (χ4n) is 3.70. The second kappa shape index (κ2) is 4.88. The SMILES string of the molecule is [2H]c1[nH]c2c([2H])ccc([2H])c2c1C(=O)OC1CC2CCC(C1)N2C. The fraction of sp³-hybridized carbons (Fsp3) is 0.471. The molecule has 3 heterocycles. The van der Waals surface area contributed by atoms with Crippen LogP contribution in [0.1, 0.15) is 40.2 Å². The molecule has 2 unspecified atom stereocenters. The van der Waals surface area contributed by atoms with Gasteiger partial charge < -0.3 is 14.6 Å². The van der Waals surface area contributed by atoms with E-state index < -0.39 is 5.97 Å². The highest BCUT2D eigenvalue weighted by atomic mass is 16.5. The summed E-state index contributed by atoms with van der Waals surface area (Å²) in [5.41, 5.74) is 0.429. The van der Waals surface area contributed by atoms with E-state index in [1.165, 1.54) is 12.1 Å². The summed E-state index contributed by atoms with van der Waals surface area (Å²) in [4.78, 5) is 17.8. The number of esters is 1. The number of benzene rings is 1. The summed E-state index contributed by atoms with van der Waals surface area (Å²) in [5.74, 6) is -0.556. The molecule has 0 radical (unpaired) electrons. The first-order valence-electron chi connectivity index (χ1n) is 8.97. The van der Waals surface area contributed by atoms with Crippen molar-refractivity contribution < 1.29 is 13.6 Å². The number of rotatable bonds is 2. The summed E-state index contributed by atoms with van der Waals surface area (Å²) in [6, 6.07) is 4.20. The number of H-pyrrole nitrogens is 1. The quantitative estimate of drug-likeness (QED) is 0.864. The third-order valence-electron chi connectivity index (χ3n) is 4.88. The lowest BCUT2D eigenvalue weighted by atomic mass is 10.0. The lowest BCUT2D eigenvalue weighted by Gasteiger charge is -2.35. The molecule has 2 bridgehead atoms. The van der Waals surface area contributed by atoms with E-state index in [0.717, 1.165) is 25.7 Å². The smallest absolute Gasteiger partial charge is 0.340 e. The molecule has 0 amide bonds. The molecule has 2 atom stereocenters. The summed E-state index contributed by atoms with van der Waals surface area (Å²) in [6.07, 6.45) is 3.72. The van der Waals surface area contributed by atoms with Crippen molar-refractivity contribution in [2.75, 3.05) is 7.05 Å². The van der Waals surface area contributed by atoms with Gasteiger partial charge in [-0.25, -0.2) is 4.79 Å². The largest absolute Gasteiger partial charge is 0.459 e. The van der Waals surface area contributed by atoms with Crippen LogP contribution in [0.3, 0.4) is 0 Å². The number of fused-ring (bicyclic) bond motifs is 3. The van der Waals surface area contributed by atoms with Gasteiger partial charge in [0.25, 0.3) is 0 Å². The van der Waals surface area contributed by atoms with Crippen molar-refractivity contribution >= 4 is 16.9 Å². The van der Waals surface area contributed by atoms with Crippen molar-refractivity contribution in [2.24, 2.45) is 0 Å². The summed E-state index contributed by atoms with van der Waals surface area (Å²) in [5, 5.41) is 0.313. The number of aromatic amines is 1. The van der Waals surface area contributed by atoms with Gasteiger partial charge in [0.1, 0.15) is 6.10 Å². The predicted molar refractivity (Wildman–Crippen MR) is 81.3 cm³/mol. The molecule has 2 fully saturated rings. The van der Waals surface area contributed by atoms with Crippen molar-refractivity contribution in [3.8, 4) is 0 Å². The van der Waals surface area contributed by atoms with Crippen LogP contribution in [0.15, 0.2) is 30.4 Å². The normalized spacial score (nSPS) is 30.9. The lowest BCUT2D eigenvalue weighted by Crippen LogP contribution is -2.43. The summed E-state index contributed by atoms with van der Waals surface area (Å²) >= 11 is 0.